The third-order valence-electron chi connectivity index (χ3n) is 4.57. The van der Waals surface area contributed by atoms with Gasteiger partial charge in [-0.05, 0) is 37.7 Å². The summed E-state index contributed by atoms with van der Waals surface area (Å²) in [6.07, 6.45) is 15.7. The first-order valence-electron chi connectivity index (χ1n) is 8.79. The van der Waals surface area contributed by atoms with E-state index in [9.17, 15) is 9.59 Å². The van der Waals surface area contributed by atoms with E-state index in [1.807, 2.05) is 13.0 Å². The van der Waals surface area contributed by atoms with Gasteiger partial charge in [0.1, 0.15) is 0 Å². The fourth-order valence-electron chi connectivity index (χ4n) is 2.95. The summed E-state index contributed by atoms with van der Waals surface area (Å²) in [6, 6.07) is 0. The van der Waals surface area contributed by atoms with Crippen molar-refractivity contribution in [1.29, 1.82) is 0 Å². The van der Waals surface area contributed by atoms with Gasteiger partial charge in [0.2, 0.25) is 0 Å². The Balaban J connectivity index is 2.84. The minimum absolute atomic E-state index is 0.188. The SMILES string of the molecule is COC(=O)C(C=CC=CC(C)=CC=C1C(C)=CCCC1(C)C)C(=O)OC. The summed E-state index contributed by atoms with van der Waals surface area (Å²) in [5.74, 6) is -2.32. The highest BCUT2D eigenvalue weighted by atomic mass is 16.5. The molecule has 0 N–H and O–H groups in total. The van der Waals surface area contributed by atoms with E-state index in [1.54, 1.807) is 12.2 Å². The van der Waals surface area contributed by atoms with E-state index < -0.39 is 17.9 Å². The molecular formula is C22H30O4. The van der Waals surface area contributed by atoms with Crippen LogP contribution in [0, 0.1) is 11.3 Å². The van der Waals surface area contributed by atoms with Crippen molar-refractivity contribution in [1.82, 2.24) is 0 Å². The number of hydrogen-bond acceptors (Lipinski definition) is 4. The van der Waals surface area contributed by atoms with Crippen LogP contribution < -0.4 is 0 Å². The van der Waals surface area contributed by atoms with E-state index in [1.165, 1.54) is 31.4 Å². The van der Waals surface area contributed by atoms with Gasteiger partial charge in [-0.1, -0.05) is 67.5 Å². The first-order valence-corrected chi connectivity index (χ1v) is 8.79. The number of esters is 2. The zero-order valence-electron chi connectivity index (χ0n) is 16.7. The van der Waals surface area contributed by atoms with Crippen molar-refractivity contribution in [2.75, 3.05) is 14.2 Å². The van der Waals surface area contributed by atoms with E-state index in [0.29, 0.717) is 0 Å². The first kappa shape index (κ1) is 21.7. The summed E-state index contributed by atoms with van der Waals surface area (Å²) in [4.78, 5) is 23.2. The second-order valence-corrected chi connectivity index (χ2v) is 7.07. The topological polar surface area (TPSA) is 52.6 Å². The Morgan fingerprint density at radius 1 is 1.15 bits per heavy atom. The van der Waals surface area contributed by atoms with Gasteiger partial charge in [0, 0.05) is 0 Å². The fraction of sp³-hybridized carbons (Fsp3) is 0.455. The summed E-state index contributed by atoms with van der Waals surface area (Å²) in [5.41, 5.74) is 3.97. The average molecular weight is 358 g/mol. The molecule has 0 aromatic carbocycles. The molecule has 0 saturated heterocycles. The molecule has 142 valence electrons. The molecule has 0 saturated carbocycles. The lowest BCUT2D eigenvalue weighted by Gasteiger charge is -2.32. The number of ether oxygens (including phenoxy) is 2. The minimum atomic E-state index is -1.04. The molecule has 0 fully saturated rings. The second-order valence-electron chi connectivity index (χ2n) is 7.07. The molecule has 1 aliphatic rings. The monoisotopic (exact) mass is 358 g/mol. The zero-order chi connectivity index (χ0) is 19.7. The summed E-state index contributed by atoms with van der Waals surface area (Å²) in [7, 11) is 2.48. The lowest BCUT2D eigenvalue weighted by atomic mass is 9.73. The smallest absolute Gasteiger partial charge is 0.323 e. The van der Waals surface area contributed by atoms with E-state index in [4.69, 9.17) is 0 Å². The Bertz CT molecular complexity index is 656. The van der Waals surface area contributed by atoms with Gasteiger partial charge in [0.25, 0.3) is 0 Å². The fourth-order valence-corrected chi connectivity index (χ4v) is 2.95. The van der Waals surface area contributed by atoms with Crippen LogP contribution in [0.25, 0.3) is 0 Å². The van der Waals surface area contributed by atoms with Crippen LogP contribution in [0.2, 0.25) is 0 Å². The largest absolute Gasteiger partial charge is 0.468 e. The molecule has 0 radical (unpaired) electrons. The Hall–Kier alpha value is -2.36. The second kappa shape index (κ2) is 9.95. The quantitative estimate of drug-likeness (QED) is 0.392. The highest BCUT2D eigenvalue weighted by Gasteiger charge is 2.26. The Morgan fingerprint density at radius 2 is 1.77 bits per heavy atom. The number of allylic oxidation sites excluding steroid dienone is 9. The van der Waals surface area contributed by atoms with Crippen molar-refractivity contribution in [2.24, 2.45) is 11.3 Å². The van der Waals surface area contributed by atoms with Crippen LogP contribution in [0.5, 0.6) is 0 Å². The summed E-state index contributed by atoms with van der Waals surface area (Å²) in [5, 5.41) is 0. The van der Waals surface area contributed by atoms with E-state index in [-0.39, 0.29) is 5.41 Å². The molecule has 4 heteroatoms. The molecule has 0 amide bonds. The molecule has 26 heavy (non-hydrogen) atoms. The van der Waals surface area contributed by atoms with E-state index in [0.717, 1.165) is 18.4 Å². The molecule has 0 aliphatic heterocycles. The van der Waals surface area contributed by atoms with Gasteiger partial charge in [-0.15, -0.1) is 0 Å². The minimum Gasteiger partial charge on any atom is -0.468 e. The van der Waals surface area contributed by atoms with Crippen molar-refractivity contribution in [3.63, 3.8) is 0 Å². The van der Waals surface area contributed by atoms with Crippen molar-refractivity contribution in [2.45, 2.75) is 40.5 Å². The molecule has 0 spiro atoms. The van der Waals surface area contributed by atoms with Crippen LogP contribution in [0.1, 0.15) is 40.5 Å². The van der Waals surface area contributed by atoms with Crippen molar-refractivity contribution < 1.29 is 19.1 Å². The molecule has 0 aromatic rings. The summed E-state index contributed by atoms with van der Waals surface area (Å²) >= 11 is 0. The number of methoxy groups -OCH3 is 2. The maximum atomic E-state index is 11.6. The van der Waals surface area contributed by atoms with E-state index in [2.05, 4.69) is 48.5 Å². The molecule has 0 unspecified atom stereocenters. The van der Waals surface area contributed by atoms with Crippen LogP contribution in [-0.2, 0) is 19.1 Å². The molecule has 1 rings (SSSR count). The number of carbonyl (C=O) groups excluding carboxylic acids is 2. The standard InChI is InChI=1S/C22H30O4/c1-16(13-14-19-17(2)11-9-15-22(19,3)4)10-7-8-12-18(20(23)25-5)21(24)26-6/h7-8,10-14,18H,9,15H2,1-6H3. The predicted molar refractivity (Wildman–Crippen MR) is 104 cm³/mol. The summed E-state index contributed by atoms with van der Waals surface area (Å²) in [6.45, 7) is 8.72. The van der Waals surface area contributed by atoms with Gasteiger partial charge in [-0.2, -0.15) is 0 Å². The van der Waals surface area contributed by atoms with E-state index >= 15 is 0 Å². The van der Waals surface area contributed by atoms with Gasteiger partial charge >= 0.3 is 11.9 Å². The molecule has 0 atom stereocenters. The Labute approximate surface area is 156 Å². The van der Waals surface area contributed by atoms with Crippen molar-refractivity contribution in [3.05, 3.63) is 59.3 Å². The predicted octanol–water partition coefficient (Wildman–Crippen LogP) is 4.70. The molecule has 0 aromatic heterocycles. The maximum Gasteiger partial charge on any atom is 0.323 e. The molecule has 0 heterocycles. The Kier molecular flexibility index (Phi) is 8.30. The molecule has 4 nitrogen and oxygen atoms in total. The van der Waals surface area contributed by atoms with Gasteiger partial charge in [0.05, 0.1) is 14.2 Å². The maximum absolute atomic E-state index is 11.6. The third kappa shape index (κ3) is 6.17. The molecular weight excluding hydrogens is 328 g/mol. The number of hydrogen-bond donors (Lipinski definition) is 0. The van der Waals surface area contributed by atoms with Gasteiger partial charge in [0.15, 0.2) is 5.92 Å². The summed E-state index contributed by atoms with van der Waals surface area (Å²) < 4.78 is 9.22. The Morgan fingerprint density at radius 3 is 2.31 bits per heavy atom. The van der Waals surface area contributed by atoms with Gasteiger partial charge in [-0.25, -0.2) is 0 Å². The third-order valence-corrected chi connectivity index (χ3v) is 4.57. The lowest BCUT2D eigenvalue weighted by molar-refractivity contribution is -0.156. The van der Waals surface area contributed by atoms with Crippen molar-refractivity contribution >= 4 is 11.9 Å². The van der Waals surface area contributed by atoms with Crippen molar-refractivity contribution in [3.8, 4) is 0 Å². The van der Waals surface area contributed by atoms with Crippen LogP contribution in [0.15, 0.2) is 59.3 Å². The van der Waals surface area contributed by atoms with Crippen LogP contribution in [0.3, 0.4) is 0 Å². The molecule has 0 bridgehead atoms. The van der Waals surface area contributed by atoms with Gasteiger partial charge < -0.3 is 9.47 Å². The number of carbonyl (C=O) groups is 2. The van der Waals surface area contributed by atoms with Gasteiger partial charge in [-0.3, -0.25) is 9.59 Å². The van der Waals surface area contributed by atoms with Crippen LogP contribution in [0.4, 0.5) is 0 Å². The zero-order valence-corrected chi connectivity index (χ0v) is 16.7. The first-order chi connectivity index (χ1) is 12.2. The number of rotatable bonds is 6. The highest BCUT2D eigenvalue weighted by molar-refractivity contribution is 5.96. The van der Waals surface area contributed by atoms with Crippen LogP contribution in [-0.4, -0.2) is 26.2 Å². The normalized spacial score (nSPS) is 19.3. The average Bonchev–Trinajstić information content (AvgIpc) is 2.59. The highest BCUT2D eigenvalue weighted by Crippen LogP contribution is 2.40. The lowest BCUT2D eigenvalue weighted by Crippen LogP contribution is -2.24. The molecule has 1 aliphatic carbocycles. The van der Waals surface area contributed by atoms with Crippen LogP contribution >= 0.6 is 0 Å².